The molecular formula is C19H26N2O3. The molecule has 130 valence electrons. The normalized spacial score (nSPS) is 20.9. The number of rotatable bonds is 5. The molecule has 0 aliphatic carbocycles. The zero-order valence-electron chi connectivity index (χ0n) is 14.9. The molecule has 0 amide bonds. The van der Waals surface area contributed by atoms with Crippen molar-refractivity contribution in [1.29, 1.82) is 0 Å². The lowest BCUT2D eigenvalue weighted by molar-refractivity contribution is -0.148. The first kappa shape index (κ1) is 17.0. The molecule has 24 heavy (non-hydrogen) atoms. The Kier molecular flexibility index (Phi) is 4.92. The molecule has 1 atom stereocenters. The van der Waals surface area contributed by atoms with Crippen LogP contribution in [0.1, 0.15) is 31.2 Å². The van der Waals surface area contributed by atoms with E-state index in [2.05, 4.69) is 23.7 Å². The van der Waals surface area contributed by atoms with Crippen molar-refractivity contribution in [3.05, 3.63) is 47.7 Å². The number of para-hydroxylation sites is 1. The first-order chi connectivity index (χ1) is 11.4. The second-order valence-corrected chi connectivity index (χ2v) is 7.04. The van der Waals surface area contributed by atoms with Gasteiger partial charge in [0.25, 0.3) is 0 Å². The molecular weight excluding hydrogens is 304 g/mol. The summed E-state index contributed by atoms with van der Waals surface area (Å²) in [6.45, 7) is 11.0. The van der Waals surface area contributed by atoms with Gasteiger partial charge in [0, 0.05) is 13.1 Å². The van der Waals surface area contributed by atoms with E-state index in [0.717, 1.165) is 36.2 Å². The Morgan fingerprint density at radius 3 is 2.67 bits per heavy atom. The highest BCUT2D eigenvalue weighted by Gasteiger charge is 2.34. The van der Waals surface area contributed by atoms with E-state index in [1.807, 2.05) is 44.2 Å². The molecule has 2 aromatic rings. The first-order valence-corrected chi connectivity index (χ1v) is 8.42. The molecule has 1 unspecified atom stereocenters. The molecule has 0 N–H and O–H groups in total. The number of morpholine rings is 1. The van der Waals surface area contributed by atoms with E-state index in [1.165, 1.54) is 0 Å². The molecule has 1 aliphatic heterocycles. The van der Waals surface area contributed by atoms with Gasteiger partial charge in [0.05, 0.1) is 17.8 Å². The molecule has 5 nitrogen and oxygen atoms in total. The first-order valence-electron chi connectivity index (χ1n) is 8.42. The molecule has 0 saturated carbocycles. The largest absolute Gasteiger partial charge is 0.491 e. The number of hydrogen-bond donors (Lipinski definition) is 0. The molecule has 1 aromatic heterocycles. The van der Waals surface area contributed by atoms with Crippen molar-refractivity contribution in [2.24, 2.45) is 0 Å². The van der Waals surface area contributed by atoms with Crippen LogP contribution in [0, 0.1) is 13.8 Å². The van der Waals surface area contributed by atoms with Gasteiger partial charge >= 0.3 is 0 Å². The lowest BCUT2D eigenvalue weighted by atomic mass is 10.1. The highest BCUT2D eigenvalue weighted by Crippen LogP contribution is 2.23. The fourth-order valence-corrected chi connectivity index (χ4v) is 3.13. The minimum atomic E-state index is -0.223. The lowest BCUT2D eigenvalue weighted by Gasteiger charge is -2.42. The van der Waals surface area contributed by atoms with Crippen LogP contribution in [0.25, 0.3) is 0 Å². The second kappa shape index (κ2) is 6.95. The van der Waals surface area contributed by atoms with Crippen LogP contribution >= 0.6 is 0 Å². The number of oxazole rings is 1. The molecule has 1 aromatic carbocycles. The number of hydrogen-bond acceptors (Lipinski definition) is 5. The molecule has 1 aliphatic rings. The van der Waals surface area contributed by atoms with Crippen LogP contribution in [-0.4, -0.2) is 41.3 Å². The van der Waals surface area contributed by atoms with E-state index in [1.54, 1.807) is 0 Å². The van der Waals surface area contributed by atoms with Gasteiger partial charge < -0.3 is 13.9 Å². The van der Waals surface area contributed by atoms with Crippen LogP contribution in [0.4, 0.5) is 0 Å². The van der Waals surface area contributed by atoms with E-state index >= 15 is 0 Å². The second-order valence-electron chi connectivity index (χ2n) is 7.04. The lowest BCUT2D eigenvalue weighted by Crippen LogP contribution is -2.53. The van der Waals surface area contributed by atoms with Gasteiger partial charge in [0.1, 0.15) is 24.2 Å². The number of aryl methyl sites for hydroxylation is 2. The predicted molar refractivity (Wildman–Crippen MR) is 92.1 cm³/mol. The average molecular weight is 330 g/mol. The Hall–Kier alpha value is -1.85. The smallest absolute Gasteiger partial charge is 0.208 e. The van der Waals surface area contributed by atoms with E-state index in [9.17, 15) is 0 Å². The van der Waals surface area contributed by atoms with Crippen molar-refractivity contribution >= 4 is 0 Å². The number of ether oxygens (including phenoxy) is 2. The summed E-state index contributed by atoms with van der Waals surface area (Å²) in [5, 5.41) is 0. The summed E-state index contributed by atoms with van der Waals surface area (Å²) in [5.74, 6) is 2.53. The van der Waals surface area contributed by atoms with Crippen LogP contribution in [0.3, 0.4) is 0 Å². The highest BCUT2D eigenvalue weighted by atomic mass is 16.5. The van der Waals surface area contributed by atoms with Gasteiger partial charge in [-0.25, -0.2) is 4.98 Å². The van der Waals surface area contributed by atoms with Crippen LogP contribution < -0.4 is 4.74 Å². The molecule has 0 bridgehead atoms. The van der Waals surface area contributed by atoms with Crippen LogP contribution in [0.5, 0.6) is 5.75 Å². The summed E-state index contributed by atoms with van der Waals surface area (Å²) in [6.07, 6.45) is 0.0195. The monoisotopic (exact) mass is 330 g/mol. The van der Waals surface area contributed by atoms with Crippen molar-refractivity contribution in [1.82, 2.24) is 9.88 Å². The van der Waals surface area contributed by atoms with Gasteiger partial charge in [-0.3, -0.25) is 4.90 Å². The van der Waals surface area contributed by atoms with E-state index in [-0.39, 0.29) is 11.7 Å². The van der Waals surface area contributed by atoms with E-state index < -0.39 is 0 Å². The van der Waals surface area contributed by atoms with Gasteiger partial charge in [0.15, 0.2) is 0 Å². The molecule has 0 radical (unpaired) electrons. The maximum atomic E-state index is 6.17. The molecule has 1 saturated heterocycles. The van der Waals surface area contributed by atoms with Gasteiger partial charge in [0.2, 0.25) is 5.89 Å². The summed E-state index contributed by atoms with van der Waals surface area (Å²) in [4.78, 5) is 6.82. The maximum absolute atomic E-state index is 6.17. The molecule has 0 spiro atoms. The van der Waals surface area contributed by atoms with E-state index in [4.69, 9.17) is 13.9 Å². The fourth-order valence-electron chi connectivity index (χ4n) is 3.13. The Morgan fingerprint density at radius 1 is 1.25 bits per heavy atom. The summed E-state index contributed by atoms with van der Waals surface area (Å²) >= 11 is 0. The van der Waals surface area contributed by atoms with Crippen molar-refractivity contribution in [2.45, 2.75) is 45.9 Å². The summed E-state index contributed by atoms with van der Waals surface area (Å²) < 4.78 is 17.8. The zero-order chi connectivity index (χ0) is 17.2. The SMILES string of the molecule is Cc1nc(CN2CC(COc3ccccc3)OC(C)(C)C2)oc1C. The minimum Gasteiger partial charge on any atom is -0.491 e. The van der Waals surface area contributed by atoms with Crippen molar-refractivity contribution in [2.75, 3.05) is 19.7 Å². The Morgan fingerprint density at radius 2 is 2.00 bits per heavy atom. The summed E-state index contributed by atoms with van der Waals surface area (Å²) in [7, 11) is 0. The molecule has 1 fully saturated rings. The number of benzene rings is 1. The minimum absolute atomic E-state index is 0.0195. The molecule has 2 heterocycles. The van der Waals surface area contributed by atoms with Crippen molar-refractivity contribution < 1.29 is 13.9 Å². The third-order valence-corrected chi connectivity index (χ3v) is 4.16. The standard InChI is InChI=1S/C19H26N2O3/c1-14-15(2)23-18(20-14)11-21-10-17(24-19(3,4)13-21)12-22-16-8-6-5-7-9-16/h5-9,17H,10-13H2,1-4H3. The third kappa shape index (κ3) is 4.36. The van der Waals surface area contributed by atoms with Gasteiger partial charge in [-0.2, -0.15) is 0 Å². The number of aromatic nitrogens is 1. The average Bonchev–Trinajstić information content (AvgIpc) is 2.82. The summed E-state index contributed by atoms with van der Waals surface area (Å²) in [6, 6.07) is 9.85. The Bertz CT molecular complexity index is 647. The van der Waals surface area contributed by atoms with Gasteiger partial charge in [-0.15, -0.1) is 0 Å². The molecule has 3 rings (SSSR count). The predicted octanol–water partition coefficient (Wildman–Crippen LogP) is 3.35. The van der Waals surface area contributed by atoms with Gasteiger partial charge in [-0.1, -0.05) is 18.2 Å². The maximum Gasteiger partial charge on any atom is 0.208 e. The Balaban J connectivity index is 1.61. The van der Waals surface area contributed by atoms with Crippen LogP contribution in [0.2, 0.25) is 0 Å². The fraction of sp³-hybridized carbons (Fsp3) is 0.526. The summed E-state index contributed by atoms with van der Waals surface area (Å²) in [5.41, 5.74) is 0.737. The topological polar surface area (TPSA) is 47.7 Å². The third-order valence-electron chi connectivity index (χ3n) is 4.16. The highest BCUT2D eigenvalue weighted by molar-refractivity contribution is 5.20. The van der Waals surface area contributed by atoms with Crippen LogP contribution in [-0.2, 0) is 11.3 Å². The molecule has 5 heteroatoms. The number of nitrogens with zero attached hydrogens (tertiary/aromatic N) is 2. The van der Waals surface area contributed by atoms with Crippen molar-refractivity contribution in [3.63, 3.8) is 0 Å². The van der Waals surface area contributed by atoms with Crippen molar-refractivity contribution in [3.8, 4) is 5.75 Å². The zero-order valence-corrected chi connectivity index (χ0v) is 14.9. The Labute approximate surface area is 143 Å². The van der Waals surface area contributed by atoms with Crippen LogP contribution in [0.15, 0.2) is 34.7 Å². The quantitative estimate of drug-likeness (QED) is 0.841. The van der Waals surface area contributed by atoms with Gasteiger partial charge in [-0.05, 0) is 39.8 Å². The van der Waals surface area contributed by atoms with E-state index in [0.29, 0.717) is 13.2 Å².